The molecule has 1 aromatic rings. The van der Waals surface area contributed by atoms with Crippen LogP contribution in [-0.2, 0) is 6.54 Å². The minimum atomic E-state index is -0.277. The van der Waals surface area contributed by atoms with Crippen LogP contribution < -0.4 is 10.5 Å². The molecule has 3 N–H and O–H groups in total. The first-order valence-corrected chi connectivity index (χ1v) is 6.79. The molecule has 20 heavy (non-hydrogen) atoms. The highest BCUT2D eigenvalue weighted by Crippen LogP contribution is 2.21. The van der Waals surface area contributed by atoms with Gasteiger partial charge in [-0.25, -0.2) is 0 Å². The fourth-order valence-corrected chi connectivity index (χ4v) is 1.91. The summed E-state index contributed by atoms with van der Waals surface area (Å²) >= 11 is 0. The molecule has 0 fully saturated rings. The Morgan fingerprint density at radius 1 is 1.45 bits per heavy atom. The van der Waals surface area contributed by atoms with Gasteiger partial charge in [0.05, 0.1) is 19.8 Å². The van der Waals surface area contributed by atoms with Gasteiger partial charge in [-0.2, -0.15) is 0 Å². The van der Waals surface area contributed by atoms with Gasteiger partial charge in [0.15, 0.2) is 0 Å². The van der Waals surface area contributed by atoms with Crippen molar-refractivity contribution in [3.63, 3.8) is 0 Å². The lowest BCUT2D eigenvalue weighted by Crippen LogP contribution is -2.22. The van der Waals surface area contributed by atoms with E-state index < -0.39 is 0 Å². The predicted molar refractivity (Wildman–Crippen MR) is 81.6 cm³/mol. The highest BCUT2D eigenvalue weighted by Gasteiger charge is 2.08. The Labute approximate surface area is 121 Å². The standard InChI is InChI=1S/C16H24N2O2/c1-13(19)8-10-18(2)12-15-11-14(5-4-9-17)6-7-16(15)20-3/h6-7,11,13,19H,8-10,12,17H2,1-3H3. The Hall–Kier alpha value is -1.54. The highest BCUT2D eigenvalue weighted by molar-refractivity contribution is 5.44. The van der Waals surface area contributed by atoms with Crippen LogP contribution in [0, 0.1) is 11.8 Å². The number of hydrogen-bond acceptors (Lipinski definition) is 4. The van der Waals surface area contributed by atoms with Crippen LogP contribution in [0.2, 0.25) is 0 Å². The fourth-order valence-electron chi connectivity index (χ4n) is 1.91. The second-order valence-electron chi connectivity index (χ2n) is 4.91. The zero-order valence-electron chi connectivity index (χ0n) is 12.5. The molecular weight excluding hydrogens is 252 g/mol. The molecule has 0 aliphatic carbocycles. The zero-order chi connectivity index (χ0) is 15.0. The molecule has 1 rings (SSSR count). The summed E-state index contributed by atoms with van der Waals surface area (Å²) in [5.41, 5.74) is 7.42. The fraction of sp³-hybridized carbons (Fsp3) is 0.500. The quantitative estimate of drug-likeness (QED) is 0.767. The van der Waals surface area contributed by atoms with Crippen LogP contribution >= 0.6 is 0 Å². The molecule has 4 nitrogen and oxygen atoms in total. The smallest absolute Gasteiger partial charge is 0.123 e. The molecule has 0 amide bonds. The molecule has 0 saturated heterocycles. The summed E-state index contributed by atoms with van der Waals surface area (Å²) in [4.78, 5) is 2.16. The van der Waals surface area contributed by atoms with Crippen molar-refractivity contribution in [1.29, 1.82) is 0 Å². The van der Waals surface area contributed by atoms with Crippen molar-refractivity contribution in [2.24, 2.45) is 5.73 Å². The lowest BCUT2D eigenvalue weighted by molar-refractivity contribution is 0.162. The molecule has 0 bridgehead atoms. The monoisotopic (exact) mass is 276 g/mol. The van der Waals surface area contributed by atoms with Gasteiger partial charge >= 0.3 is 0 Å². The minimum Gasteiger partial charge on any atom is -0.496 e. The molecular formula is C16H24N2O2. The van der Waals surface area contributed by atoms with Crippen molar-refractivity contribution in [3.8, 4) is 17.6 Å². The average molecular weight is 276 g/mol. The second kappa shape index (κ2) is 8.60. The van der Waals surface area contributed by atoms with E-state index in [1.807, 2.05) is 25.2 Å². The van der Waals surface area contributed by atoms with E-state index in [0.717, 1.165) is 36.4 Å². The summed E-state index contributed by atoms with van der Waals surface area (Å²) in [7, 11) is 3.69. The number of aliphatic hydroxyl groups is 1. The topological polar surface area (TPSA) is 58.7 Å². The van der Waals surface area contributed by atoms with Gasteiger partial charge in [0.2, 0.25) is 0 Å². The van der Waals surface area contributed by atoms with E-state index in [1.165, 1.54) is 0 Å². The van der Waals surface area contributed by atoms with Crippen LogP contribution in [0.5, 0.6) is 5.75 Å². The van der Waals surface area contributed by atoms with E-state index in [1.54, 1.807) is 14.0 Å². The van der Waals surface area contributed by atoms with E-state index in [0.29, 0.717) is 6.54 Å². The van der Waals surface area contributed by atoms with E-state index >= 15 is 0 Å². The Morgan fingerprint density at radius 3 is 2.80 bits per heavy atom. The average Bonchev–Trinajstić information content (AvgIpc) is 2.43. The van der Waals surface area contributed by atoms with Crippen LogP contribution in [0.25, 0.3) is 0 Å². The van der Waals surface area contributed by atoms with Crippen molar-refractivity contribution in [3.05, 3.63) is 29.3 Å². The predicted octanol–water partition coefficient (Wildman–Crippen LogP) is 1.21. The summed E-state index contributed by atoms with van der Waals surface area (Å²) < 4.78 is 5.38. The molecule has 1 aromatic carbocycles. The number of rotatable bonds is 6. The Balaban J connectivity index is 2.80. The van der Waals surface area contributed by atoms with E-state index in [4.69, 9.17) is 10.5 Å². The first-order valence-electron chi connectivity index (χ1n) is 6.79. The van der Waals surface area contributed by atoms with Gasteiger partial charge in [-0.15, -0.1) is 0 Å². The van der Waals surface area contributed by atoms with Crippen molar-refractivity contribution in [1.82, 2.24) is 4.90 Å². The lowest BCUT2D eigenvalue weighted by Gasteiger charge is -2.19. The van der Waals surface area contributed by atoms with Gasteiger partial charge in [0, 0.05) is 24.2 Å². The van der Waals surface area contributed by atoms with Gasteiger partial charge in [-0.3, -0.25) is 0 Å². The van der Waals surface area contributed by atoms with Crippen LogP contribution in [0.4, 0.5) is 0 Å². The van der Waals surface area contributed by atoms with Crippen molar-refractivity contribution >= 4 is 0 Å². The van der Waals surface area contributed by atoms with E-state index in [9.17, 15) is 5.11 Å². The molecule has 0 aliphatic heterocycles. The Bertz CT molecular complexity index is 475. The molecule has 110 valence electrons. The minimum absolute atomic E-state index is 0.277. The van der Waals surface area contributed by atoms with Gasteiger partial charge < -0.3 is 20.5 Å². The summed E-state index contributed by atoms with van der Waals surface area (Å²) in [5.74, 6) is 6.74. The second-order valence-corrected chi connectivity index (χ2v) is 4.91. The maximum absolute atomic E-state index is 9.33. The normalized spacial score (nSPS) is 11.9. The summed E-state index contributed by atoms with van der Waals surface area (Å²) in [6.07, 6.45) is 0.479. The maximum Gasteiger partial charge on any atom is 0.123 e. The van der Waals surface area contributed by atoms with Crippen LogP contribution in [0.3, 0.4) is 0 Å². The molecule has 0 spiro atoms. The van der Waals surface area contributed by atoms with Crippen LogP contribution in [-0.4, -0.2) is 43.4 Å². The van der Waals surface area contributed by atoms with E-state index in [-0.39, 0.29) is 6.10 Å². The first-order chi connectivity index (χ1) is 9.56. The number of nitrogens with two attached hydrogens (primary N) is 1. The van der Waals surface area contributed by atoms with E-state index in [2.05, 4.69) is 16.7 Å². The first kappa shape index (κ1) is 16.5. The summed E-state index contributed by atoms with van der Waals surface area (Å²) in [6, 6.07) is 5.89. The number of nitrogens with zero attached hydrogens (tertiary/aromatic N) is 1. The third kappa shape index (κ3) is 5.62. The lowest BCUT2D eigenvalue weighted by atomic mass is 10.1. The SMILES string of the molecule is COc1ccc(C#CCN)cc1CN(C)CCC(C)O. The zero-order valence-corrected chi connectivity index (χ0v) is 12.5. The molecule has 4 heteroatoms. The molecule has 1 atom stereocenters. The largest absolute Gasteiger partial charge is 0.496 e. The molecule has 1 unspecified atom stereocenters. The number of hydrogen-bond donors (Lipinski definition) is 2. The maximum atomic E-state index is 9.33. The van der Waals surface area contributed by atoms with Gasteiger partial charge in [0.1, 0.15) is 5.75 Å². The molecule has 0 heterocycles. The van der Waals surface area contributed by atoms with Crippen LogP contribution in [0.1, 0.15) is 24.5 Å². The van der Waals surface area contributed by atoms with Gasteiger partial charge in [-0.1, -0.05) is 11.8 Å². The number of benzene rings is 1. The third-order valence-electron chi connectivity index (χ3n) is 2.98. The summed E-state index contributed by atoms with van der Waals surface area (Å²) in [5, 5.41) is 9.33. The molecule has 0 saturated carbocycles. The van der Waals surface area contributed by atoms with Crippen molar-refractivity contribution in [2.75, 3.05) is 27.2 Å². The molecule has 0 aromatic heterocycles. The van der Waals surface area contributed by atoms with Gasteiger partial charge in [0.25, 0.3) is 0 Å². The molecule has 0 radical (unpaired) electrons. The highest BCUT2D eigenvalue weighted by atomic mass is 16.5. The van der Waals surface area contributed by atoms with Gasteiger partial charge in [-0.05, 0) is 38.6 Å². The number of methoxy groups -OCH3 is 1. The van der Waals surface area contributed by atoms with Crippen molar-refractivity contribution in [2.45, 2.75) is 26.0 Å². The Morgan fingerprint density at radius 2 is 2.20 bits per heavy atom. The summed E-state index contributed by atoms with van der Waals surface area (Å²) in [6.45, 7) is 3.75. The number of ether oxygens (including phenoxy) is 1. The van der Waals surface area contributed by atoms with Crippen molar-refractivity contribution < 1.29 is 9.84 Å². The third-order valence-corrected chi connectivity index (χ3v) is 2.98. The van der Waals surface area contributed by atoms with Crippen LogP contribution in [0.15, 0.2) is 18.2 Å². The number of aliphatic hydroxyl groups excluding tert-OH is 1. The molecule has 0 aliphatic rings. The Kier molecular flexibility index (Phi) is 7.10.